The van der Waals surface area contributed by atoms with Crippen molar-refractivity contribution >= 4 is 28.3 Å². The molecule has 0 fully saturated rings. The normalized spacial score (nSPS) is 12.5. The molecule has 2 aromatic carbocycles. The van der Waals surface area contributed by atoms with Crippen molar-refractivity contribution in [2.75, 3.05) is 7.11 Å². The van der Waals surface area contributed by atoms with E-state index >= 15 is 0 Å². The number of ether oxygens (including phenoxy) is 1. The molecule has 2 aromatic heterocycles. The quantitative estimate of drug-likeness (QED) is 0.476. The molecule has 0 saturated heterocycles. The standard InChI is InChI=1S/C23H21N3O3S/c1-23(2,3)17-11-9-15(10-12-17)19-24-22-26(25-19)20(27)18(30-22)13-14-5-7-16(8-6-14)21(28)29-4/h5-13H,1-4H3/b18-13-. The summed E-state index contributed by atoms with van der Waals surface area (Å²) in [5, 5.41) is 4.41. The first-order valence-corrected chi connectivity index (χ1v) is 10.3. The van der Waals surface area contributed by atoms with Gasteiger partial charge in [-0.3, -0.25) is 4.79 Å². The van der Waals surface area contributed by atoms with E-state index < -0.39 is 5.97 Å². The minimum atomic E-state index is -0.395. The molecule has 0 atom stereocenters. The topological polar surface area (TPSA) is 73.6 Å². The Kier molecular flexibility index (Phi) is 4.99. The number of carbonyl (C=O) groups is 1. The summed E-state index contributed by atoms with van der Waals surface area (Å²) in [6.07, 6.45) is 1.77. The molecule has 0 radical (unpaired) electrons. The molecule has 0 N–H and O–H groups in total. The predicted molar refractivity (Wildman–Crippen MR) is 118 cm³/mol. The fraction of sp³-hybridized carbons (Fsp3) is 0.217. The van der Waals surface area contributed by atoms with E-state index in [0.29, 0.717) is 20.9 Å². The van der Waals surface area contributed by atoms with Crippen molar-refractivity contribution in [2.24, 2.45) is 0 Å². The highest BCUT2D eigenvalue weighted by molar-refractivity contribution is 7.15. The number of aromatic nitrogens is 3. The van der Waals surface area contributed by atoms with Gasteiger partial charge in [0.1, 0.15) is 0 Å². The van der Waals surface area contributed by atoms with Gasteiger partial charge in [-0.25, -0.2) is 4.79 Å². The van der Waals surface area contributed by atoms with E-state index in [1.165, 1.54) is 28.5 Å². The summed E-state index contributed by atoms with van der Waals surface area (Å²) in [6.45, 7) is 6.49. The second-order valence-electron chi connectivity index (χ2n) is 7.99. The Balaban J connectivity index is 1.66. The van der Waals surface area contributed by atoms with Crippen LogP contribution in [0.4, 0.5) is 0 Å². The fourth-order valence-electron chi connectivity index (χ4n) is 3.06. The molecule has 0 aliphatic carbocycles. The molecule has 0 bridgehead atoms. The molecule has 0 unspecified atom stereocenters. The fourth-order valence-corrected chi connectivity index (χ4v) is 3.97. The van der Waals surface area contributed by atoms with Gasteiger partial charge in [-0.05, 0) is 34.8 Å². The molecule has 30 heavy (non-hydrogen) atoms. The highest BCUT2D eigenvalue weighted by Crippen LogP contribution is 2.25. The molecule has 0 spiro atoms. The molecule has 6 nitrogen and oxygen atoms in total. The highest BCUT2D eigenvalue weighted by atomic mass is 32.1. The third-order valence-electron chi connectivity index (χ3n) is 4.82. The lowest BCUT2D eigenvalue weighted by Gasteiger charge is -2.18. The maximum Gasteiger partial charge on any atom is 0.337 e. The van der Waals surface area contributed by atoms with Crippen LogP contribution in [0.3, 0.4) is 0 Å². The number of rotatable bonds is 3. The number of fused-ring (bicyclic) bond motifs is 1. The van der Waals surface area contributed by atoms with E-state index in [0.717, 1.165) is 11.1 Å². The van der Waals surface area contributed by atoms with Crippen LogP contribution in [-0.4, -0.2) is 27.7 Å². The Bertz CT molecular complexity index is 1330. The number of benzene rings is 2. The SMILES string of the molecule is COC(=O)c1ccc(/C=c2\sc3nc(-c4ccc(C(C)(C)C)cc4)nn3c2=O)cc1. The lowest BCUT2D eigenvalue weighted by atomic mass is 9.87. The van der Waals surface area contributed by atoms with Crippen molar-refractivity contribution < 1.29 is 9.53 Å². The molecule has 4 rings (SSSR count). The summed E-state index contributed by atoms with van der Waals surface area (Å²) in [5.41, 5.74) is 3.23. The molecule has 0 amide bonds. The molecule has 152 valence electrons. The van der Waals surface area contributed by atoms with Crippen LogP contribution in [-0.2, 0) is 10.2 Å². The first kappa shape index (κ1) is 20.0. The predicted octanol–water partition coefficient (Wildman–Crippen LogP) is 3.45. The number of carbonyl (C=O) groups excluding carboxylic acids is 1. The number of hydrogen-bond acceptors (Lipinski definition) is 6. The van der Waals surface area contributed by atoms with Crippen molar-refractivity contribution in [3.8, 4) is 11.4 Å². The summed E-state index contributed by atoms with van der Waals surface area (Å²) >= 11 is 1.29. The monoisotopic (exact) mass is 419 g/mol. The molecular formula is C23H21N3O3S. The van der Waals surface area contributed by atoms with Gasteiger partial charge in [0.25, 0.3) is 5.56 Å². The highest BCUT2D eigenvalue weighted by Gasteiger charge is 2.15. The van der Waals surface area contributed by atoms with Crippen molar-refractivity contribution in [1.29, 1.82) is 0 Å². The largest absolute Gasteiger partial charge is 0.465 e. The van der Waals surface area contributed by atoms with Gasteiger partial charge in [0.2, 0.25) is 4.96 Å². The zero-order valence-corrected chi connectivity index (χ0v) is 18.0. The van der Waals surface area contributed by atoms with Gasteiger partial charge in [-0.15, -0.1) is 5.10 Å². The Labute approximate surface area is 177 Å². The number of nitrogens with zero attached hydrogens (tertiary/aromatic N) is 3. The van der Waals surface area contributed by atoms with Gasteiger partial charge in [-0.1, -0.05) is 68.5 Å². The molecular weight excluding hydrogens is 398 g/mol. The third-order valence-corrected chi connectivity index (χ3v) is 5.78. The molecule has 0 aliphatic rings. The van der Waals surface area contributed by atoms with Crippen LogP contribution in [0.1, 0.15) is 42.3 Å². The smallest absolute Gasteiger partial charge is 0.337 e. The van der Waals surface area contributed by atoms with Crippen LogP contribution >= 0.6 is 11.3 Å². The number of esters is 1. The Morgan fingerprint density at radius 1 is 1.07 bits per heavy atom. The summed E-state index contributed by atoms with van der Waals surface area (Å²) < 4.78 is 6.57. The van der Waals surface area contributed by atoms with E-state index in [2.05, 4.69) is 43.0 Å². The zero-order valence-electron chi connectivity index (χ0n) is 17.2. The van der Waals surface area contributed by atoms with Gasteiger partial charge in [0.05, 0.1) is 17.2 Å². The van der Waals surface area contributed by atoms with Crippen molar-refractivity contribution in [3.05, 3.63) is 80.1 Å². The van der Waals surface area contributed by atoms with Gasteiger partial charge in [0.15, 0.2) is 5.82 Å². The van der Waals surface area contributed by atoms with Crippen molar-refractivity contribution in [3.63, 3.8) is 0 Å². The van der Waals surface area contributed by atoms with Crippen molar-refractivity contribution in [2.45, 2.75) is 26.2 Å². The summed E-state index contributed by atoms with van der Waals surface area (Å²) in [7, 11) is 1.34. The van der Waals surface area contributed by atoms with Gasteiger partial charge >= 0.3 is 5.97 Å². The molecule has 0 aliphatic heterocycles. The van der Waals surface area contributed by atoms with Gasteiger partial charge in [0, 0.05) is 5.56 Å². The summed E-state index contributed by atoms with van der Waals surface area (Å²) in [5.74, 6) is 0.140. The van der Waals surface area contributed by atoms with E-state index in [1.807, 2.05) is 12.1 Å². The first-order chi connectivity index (χ1) is 14.3. The minimum Gasteiger partial charge on any atom is -0.465 e. The van der Waals surface area contributed by atoms with Crippen molar-refractivity contribution in [1.82, 2.24) is 14.6 Å². The molecule has 0 saturated carbocycles. The summed E-state index contributed by atoms with van der Waals surface area (Å²) in [6, 6.07) is 15.0. The molecule has 4 aromatic rings. The Morgan fingerprint density at radius 2 is 1.73 bits per heavy atom. The van der Waals surface area contributed by atoms with E-state index in [1.54, 1.807) is 30.3 Å². The Hall–Kier alpha value is -3.32. The van der Waals surface area contributed by atoms with Crippen LogP contribution in [0.5, 0.6) is 0 Å². The molecule has 2 heterocycles. The van der Waals surface area contributed by atoms with E-state index in [9.17, 15) is 9.59 Å². The van der Waals surface area contributed by atoms with E-state index in [4.69, 9.17) is 4.74 Å². The second kappa shape index (κ2) is 7.50. The third kappa shape index (κ3) is 3.76. The van der Waals surface area contributed by atoms with E-state index in [-0.39, 0.29) is 11.0 Å². The number of methoxy groups -OCH3 is 1. The first-order valence-electron chi connectivity index (χ1n) is 9.47. The second-order valence-corrected chi connectivity index (χ2v) is 9.00. The van der Waals surface area contributed by atoms with Crippen LogP contribution in [0.15, 0.2) is 53.3 Å². The lowest BCUT2D eigenvalue weighted by molar-refractivity contribution is 0.0600. The lowest BCUT2D eigenvalue weighted by Crippen LogP contribution is -2.23. The average Bonchev–Trinajstić information content (AvgIpc) is 3.27. The van der Waals surface area contributed by atoms with Crippen LogP contribution in [0.2, 0.25) is 0 Å². The summed E-state index contributed by atoms with van der Waals surface area (Å²) in [4.78, 5) is 29.4. The van der Waals surface area contributed by atoms with Crippen LogP contribution in [0, 0.1) is 0 Å². The Morgan fingerprint density at radius 3 is 2.30 bits per heavy atom. The van der Waals surface area contributed by atoms with Crippen LogP contribution < -0.4 is 10.1 Å². The minimum absolute atomic E-state index is 0.0719. The van der Waals surface area contributed by atoms with Gasteiger partial charge in [-0.2, -0.15) is 9.50 Å². The maximum atomic E-state index is 12.8. The zero-order chi connectivity index (χ0) is 21.5. The average molecular weight is 420 g/mol. The van der Waals surface area contributed by atoms with Gasteiger partial charge < -0.3 is 4.74 Å². The number of thiazole rings is 1. The number of hydrogen-bond donors (Lipinski definition) is 0. The van der Waals surface area contributed by atoms with Crippen LogP contribution in [0.25, 0.3) is 22.4 Å². The maximum absolute atomic E-state index is 12.8. The molecule has 7 heteroatoms.